The smallest absolute Gasteiger partial charge is 0.308 e. The van der Waals surface area contributed by atoms with Crippen LogP contribution in [0.1, 0.15) is 38.2 Å². The number of hydrogen-bond acceptors (Lipinski definition) is 3. The van der Waals surface area contributed by atoms with Crippen LogP contribution < -0.4 is 10.1 Å². The largest absolute Gasteiger partial charge is 0.497 e. The maximum absolute atomic E-state index is 12.1. The highest BCUT2D eigenvalue weighted by Crippen LogP contribution is 2.19. The molecule has 5 heteroatoms. The minimum Gasteiger partial charge on any atom is -0.497 e. The van der Waals surface area contributed by atoms with E-state index in [-0.39, 0.29) is 18.4 Å². The molecule has 0 aromatic heterocycles. The van der Waals surface area contributed by atoms with E-state index in [0.717, 1.165) is 17.7 Å². The van der Waals surface area contributed by atoms with Gasteiger partial charge in [0.25, 0.3) is 0 Å². The number of nitrogens with one attached hydrogen (secondary N) is 1. The van der Waals surface area contributed by atoms with E-state index in [2.05, 4.69) is 5.32 Å². The highest BCUT2D eigenvalue weighted by atomic mass is 16.5. The molecule has 1 amide bonds. The van der Waals surface area contributed by atoms with Gasteiger partial charge in [-0.3, -0.25) is 9.59 Å². The number of amides is 1. The van der Waals surface area contributed by atoms with Gasteiger partial charge in [-0.1, -0.05) is 25.5 Å². The van der Waals surface area contributed by atoms with Gasteiger partial charge in [-0.25, -0.2) is 0 Å². The third-order valence-corrected chi connectivity index (χ3v) is 3.52. The van der Waals surface area contributed by atoms with Gasteiger partial charge in [-0.05, 0) is 31.0 Å². The van der Waals surface area contributed by atoms with Crippen molar-refractivity contribution in [2.45, 2.75) is 32.6 Å². The highest BCUT2D eigenvalue weighted by Gasteiger charge is 2.20. The molecule has 116 valence electrons. The molecule has 0 fully saturated rings. The molecule has 0 radical (unpaired) electrons. The number of carbonyl (C=O) groups excluding carboxylic acids is 1. The third kappa shape index (κ3) is 5.10. The molecule has 2 atom stereocenters. The Morgan fingerprint density at radius 2 is 1.90 bits per heavy atom. The van der Waals surface area contributed by atoms with Crippen LogP contribution in [0.2, 0.25) is 0 Å². The van der Waals surface area contributed by atoms with Crippen LogP contribution in [0.3, 0.4) is 0 Å². The lowest BCUT2D eigenvalue weighted by Crippen LogP contribution is -2.35. The molecule has 5 nitrogen and oxygen atoms in total. The molecule has 0 saturated carbocycles. The molecule has 0 aliphatic heterocycles. The van der Waals surface area contributed by atoms with Gasteiger partial charge in [-0.15, -0.1) is 0 Å². The zero-order chi connectivity index (χ0) is 15.8. The van der Waals surface area contributed by atoms with Crippen LogP contribution in [-0.2, 0) is 9.59 Å². The standard InChI is InChI=1S/C16H23NO4/c1-4-5-13(16(19)20)10-17-15(18)11(2)12-6-8-14(21-3)9-7-12/h6-9,11,13H,4-5,10H2,1-3H3,(H,17,18)(H,19,20). The molecule has 2 unspecified atom stereocenters. The molecule has 1 rings (SSSR count). The number of methoxy groups -OCH3 is 1. The van der Waals surface area contributed by atoms with E-state index in [9.17, 15) is 9.59 Å². The van der Waals surface area contributed by atoms with Crippen molar-refractivity contribution in [1.82, 2.24) is 5.32 Å². The Kier molecular flexibility index (Phi) is 6.72. The first kappa shape index (κ1) is 17.0. The maximum atomic E-state index is 12.1. The Hall–Kier alpha value is -2.04. The summed E-state index contributed by atoms with van der Waals surface area (Å²) in [6, 6.07) is 7.28. The van der Waals surface area contributed by atoms with E-state index in [1.807, 2.05) is 19.1 Å². The van der Waals surface area contributed by atoms with Crippen LogP contribution in [0.15, 0.2) is 24.3 Å². The maximum Gasteiger partial charge on any atom is 0.308 e. The number of carboxylic acid groups (broad SMARTS) is 1. The van der Waals surface area contributed by atoms with Crippen molar-refractivity contribution in [1.29, 1.82) is 0 Å². The van der Waals surface area contributed by atoms with E-state index in [4.69, 9.17) is 9.84 Å². The van der Waals surface area contributed by atoms with Gasteiger partial charge in [0.05, 0.1) is 18.9 Å². The summed E-state index contributed by atoms with van der Waals surface area (Å²) < 4.78 is 5.08. The molecule has 0 aliphatic rings. The lowest BCUT2D eigenvalue weighted by Gasteiger charge is -2.16. The Balaban J connectivity index is 2.59. The fourth-order valence-corrected chi connectivity index (χ4v) is 2.08. The SMILES string of the molecule is CCCC(CNC(=O)C(C)c1ccc(OC)cc1)C(=O)O. The number of carbonyl (C=O) groups is 2. The summed E-state index contributed by atoms with van der Waals surface area (Å²) in [5.74, 6) is -1.15. The lowest BCUT2D eigenvalue weighted by atomic mass is 9.99. The first-order valence-corrected chi connectivity index (χ1v) is 7.14. The summed E-state index contributed by atoms with van der Waals surface area (Å²) >= 11 is 0. The van der Waals surface area contributed by atoms with Crippen LogP contribution >= 0.6 is 0 Å². The van der Waals surface area contributed by atoms with Crippen molar-refractivity contribution in [3.63, 3.8) is 0 Å². The second-order valence-corrected chi connectivity index (χ2v) is 5.06. The monoisotopic (exact) mass is 293 g/mol. The summed E-state index contributed by atoms with van der Waals surface area (Å²) in [4.78, 5) is 23.1. The fourth-order valence-electron chi connectivity index (χ4n) is 2.08. The first-order valence-electron chi connectivity index (χ1n) is 7.14. The molecule has 0 saturated heterocycles. The Morgan fingerprint density at radius 1 is 1.29 bits per heavy atom. The average Bonchev–Trinajstić information content (AvgIpc) is 2.50. The van der Waals surface area contributed by atoms with Crippen LogP contribution in [0, 0.1) is 5.92 Å². The Morgan fingerprint density at radius 3 is 2.38 bits per heavy atom. The van der Waals surface area contributed by atoms with Crippen molar-refractivity contribution in [3.05, 3.63) is 29.8 Å². The number of benzene rings is 1. The van der Waals surface area contributed by atoms with Gasteiger partial charge in [0.15, 0.2) is 0 Å². The summed E-state index contributed by atoms with van der Waals surface area (Å²) in [5.41, 5.74) is 0.871. The van der Waals surface area contributed by atoms with E-state index >= 15 is 0 Å². The molecule has 0 heterocycles. The first-order chi connectivity index (χ1) is 9.99. The number of aliphatic carboxylic acids is 1. The number of carboxylic acids is 1. The second kappa shape index (κ2) is 8.29. The van der Waals surface area contributed by atoms with Gasteiger partial charge in [0.1, 0.15) is 5.75 Å². The number of rotatable bonds is 8. The number of hydrogen-bond donors (Lipinski definition) is 2. The zero-order valence-corrected chi connectivity index (χ0v) is 12.8. The quantitative estimate of drug-likeness (QED) is 0.772. The minimum absolute atomic E-state index is 0.164. The Labute approximate surface area is 125 Å². The molecular formula is C16H23NO4. The molecule has 0 spiro atoms. The summed E-state index contributed by atoms with van der Waals surface area (Å²) in [6.07, 6.45) is 1.34. The van der Waals surface area contributed by atoms with Gasteiger partial charge >= 0.3 is 5.97 Å². The van der Waals surface area contributed by atoms with Crippen molar-refractivity contribution < 1.29 is 19.4 Å². The fraction of sp³-hybridized carbons (Fsp3) is 0.500. The number of ether oxygens (including phenoxy) is 1. The second-order valence-electron chi connectivity index (χ2n) is 5.06. The normalized spacial score (nSPS) is 13.3. The molecule has 2 N–H and O–H groups in total. The highest BCUT2D eigenvalue weighted by molar-refractivity contribution is 5.83. The van der Waals surface area contributed by atoms with E-state index < -0.39 is 11.9 Å². The van der Waals surface area contributed by atoms with Crippen LogP contribution in [0.25, 0.3) is 0 Å². The van der Waals surface area contributed by atoms with Gasteiger partial charge < -0.3 is 15.2 Å². The molecule has 1 aromatic rings. The summed E-state index contributed by atoms with van der Waals surface area (Å²) in [5, 5.41) is 11.8. The zero-order valence-electron chi connectivity index (χ0n) is 12.8. The van der Waals surface area contributed by atoms with Crippen LogP contribution in [-0.4, -0.2) is 30.6 Å². The topological polar surface area (TPSA) is 75.6 Å². The van der Waals surface area contributed by atoms with E-state index in [1.54, 1.807) is 26.2 Å². The van der Waals surface area contributed by atoms with E-state index in [0.29, 0.717) is 6.42 Å². The Bertz CT molecular complexity index is 470. The van der Waals surface area contributed by atoms with Crippen molar-refractivity contribution >= 4 is 11.9 Å². The average molecular weight is 293 g/mol. The molecule has 0 aliphatic carbocycles. The van der Waals surface area contributed by atoms with Crippen molar-refractivity contribution in [3.8, 4) is 5.75 Å². The summed E-state index contributed by atoms with van der Waals surface area (Å²) in [7, 11) is 1.59. The summed E-state index contributed by atoms with van der Waals surface area (Å²) in [6.45, 7) is 3.90. The predicted molar refractivity (Wildman–Crippen MR) is 80.5 cm³/mol. The molecular weight excluding hydrogens is 270 g/mol. The van der Waals surface area contributed by atoms with Gasteiger partial charge in [0, 0.05) is 6.54 Å². The van der Waals surface area contributed by atoms with Crippen LogP contribution in [0.5, 0.6) is 5.75 Å². The van der Waals surface area contributed by atoms with E-state index in [1.165, 1.54) is 0 Å². The van der Waals surface area contributed by atoms with Crippen LogP contribution in [0.4, 0.5) is 0 Å². The third-order valence-electron chi connectivity index (χ3n) is 3.52. The van der Waals surface area contributed by atoms with Gasteiger partial charge in [0.2, 0.25) is 5.91 Å². The minimum atomic E-state index is -0.866. The van der Waals surface area contributed by atoms with Crippen molar-refractivity contribution in [2.75, 3.05) is 13.7 Å². The lowest BCUT2D eigenvalue weighted by molar-refractivity contribution is -0.142. The predicted octanol–water partition coefficient (Wildman–Crippen LogP) is 2.42. The molecule has 1 aromatic carbocycles. The molecule has 21 heavy (non-hydrogen) atoms. The van der Waals surface area contributed by atoms with Gasteiger partial charge in [-0.2, -0.15) is 0 Å². The molecule has 0 bridgehead atoms. The van der Waals surface area contributed by atoms with Crippen molar-refractivity contribution in [2.24, 2.45) is 5.92 Å².